The van der Waals surface area contributed by atoms with E-state index in [0.717, 1.165) is 12.1 Å². The Kier molecular flexibility index (Phi) is 4.99. The number of pyridine rings is 1. The van der Waals surface area contributed by atoms with E-state index in [9.17, 15) is 18.0 Å². The molecule has 3 rings (SSSR count). The molecule has 0 atom stereocenters. The molecule has 2 aromatic carbocycles. The lowest BCUT2D eigenvalue weighted by Crippen LogP contribution is -2.14. The van der Waals surface area contributed by atoms with Crippen LogP contribution in [0.5, 0.6) is 0 Å². The number of nitrogens with zero attached hydrogens (tertiary/aromatic N) is 1. The molecule has 0 saturated carbocycles. The molecule has 1 amide bonds. The largest absolute Gasteiger partial charge is 0.318 e. The van der Waals surface area contributed by atoms with Gasteiger partial charge in [0.25, 0.3) is 5.91 Å². The van der Waals surface area contributed by atoms with Crippen molar-refractivity contribution >= 4 is 11.6 Å². The highest BCUT2D eigenvalue weighted by Crippen LogP contribution is 2.15. The first-order chi connectivity index (χ1) is 12.5. The summed E-state index contributed by atoms with van der Waals surface area (Å²) in [5.74, 6) is 2.96. The Bertz CT molecular complexity index is 1020. The third-order valence-corrected chi connectivity index (χ3v) is 3.35. The maximum atomic E-state index is 13.6. The summed E-state index contributed by atoms with van der Waals surface area (Å²) in [4.78, 5) is 16.0. The number of nitrogens with one attached hydrogen (secondary N) is 1. The van der Waals surface area contributed by atoms with E-state index in [1.807, 2.05) is 0 Å². The molecule has 0 unspecified atom stereocenters. The van der Waals surface area contributed by atoms with Crippen molar-refractivity contribution in [3.8, 4) is 11.8 Å². The normalized spacial score (nSPS) is 9.96. The van der Waals surface area contributed by atoms with Crippen LogP contribution in [0.3, 0.4) is 0 Å². The first kappa shape index (κ1) is 17.2. The SMILES string of the molecule is O=C(Nc1ccc(F)cc1F)c1ccc(C#Cc2cccc(F)c2)cn1. The number of carbonyl (C=O) groups is 1. The molecule has 0 radical (unpaired) electrons. The number of aromatic nitrogens is 1. The molecule has 0 aliphatic heterocycles. The van der Waals surface area contributed by atoms with E-state index in [1.54, 1.807) is 18.2 Å². The molecule has 3 aromatic rings. The van der Waals surface area contributed by atoms with E-state index in [4.69, 9.17) is 0 Å². The van der Waals surface area contributed by atoms with Gasteiger partial charge in [-0.25, -0.2) is 18.2 Å². The minimum atomic E-state index is -0.879. The van der Waals surface area contributed by atoms with Crippen LogP contribution in [-0.2, 0) is 0 Å². The van der Waals surface area contributed by atoms with Crippen molar-refractivity contribution in [2.45, 2.75) is 0 Å². The van der Waals surface area contributed by atoms with Crippen LogP contribution >= 0.6 is 0 Å². The summed E-state index contributed by atoms with van der Waals surface area (Å²) < 4.78 is 39.5. The van der Waals surface area contributed by atoms with Crippen molar-refractivity contribution in [2.24, 2.45) is 0 Å². The third kappa shape index (κ3) is 4.28. The molecule has 128 valence electrons. The first-order valence-corrected chi connectivity index (χ1v) is 7.51. The van der Waals surface area contributed by atoms with Crippen molar-refractivity contribution in [3.63, 3.8) is 0 Å². The summed E-state index contributed by atoms with van der Waals surface area (Å²) in [5.41, 5.74) is 0.940. The standard InChI is InChI=1S/C20H11F3N2O/c21-15-3-1-2-13(10-15)4-5-14-6-8-19(24-12-14)20(26)25-18-9-7-16(22)11-17(18)23/h1-3,6-12H,(H,25,26). The average molecular weight is 352 g/mol. The third-order valence-electron chi connectivity index (χ3n) is 3.35. The Morgan fingerprint density at radius 3 is 2.35 bits per heavy atom. The Hall–Kier alpha value is -3.59. The fourth-order valence-electron chi connectivity index (χ4n) is 2.09. The summed E-state index contributed by atoms with van der Waals surface area (Å²) in [6.07, 6.45) is 1.38. The van der Waals surface area contributed by atoms with Gasteiger partial charge in [-0.05, 0) is 42.5 Å². The van der Waals surface area contributed by atoms with Crippen LogP contribution in [0.2, 0.25) is 0 Å². The minimum Gasteiger partial charge on any atom is -0.318 e. The van der Waals surface area contributed by atoms with Crippen LogP contribution in [-0.4, -0.2) is 10.9 Å². The van der Waals surface area contributed by atoms with Gasteiger partial charge in [0, 0.05) is 23.4 Å². The lowest BCUT2D eigenvalue weighted by molar-refractivity contribution is 0.102. The predicted octanol–water partition coefficient (Wildman–Crippen LogP) is 4.15. The highest BCUT2D eigenvalue weighted by molar-refractivity contribution is 6.02. The lowest BCUT2D eigenvalue weighted by atomic mass is 10.2. The Morgan fingerprint density at radius 1 is 0.885 bits per heavy atom. The zero-order valence-electron chi connectivity index (χ0n) is 13.3. The molecule has 6 heteroatoms. The van der Waals surface area contributed by atoms with E-state index >= 15 is 0 Å². The molecule has 0 saturated heterocycles. The number of hydrogen-bond acceptors (Lipinski definition) is 2. The zero-order chi connectivity index (χ0) is 18.5. The summed E-state index contributed by atoms with van der Waals surface area (Å²) in [6.45, 7) is 0. The zero-order valence-corrected chi connectivity index (χ0v) is 13.3. The second kappa shape index (κ2) is 7.53. The molecular weight excluding hydrogens is 341 g/mol. The van der Waals surface area contributed by atoms with E-state index in [2.05, 4.69) is 22.1 Å². The maximum absolute atomic E-state index is 13.6. The number of hydrogen-bond donors (Lipinski definition) is 1. The first-order valence-electron chi connectivity index (χ1n) is 7.51. The smallest absolute Gasteiger partial charge is 0.274 e. The molecule has 3 nitrogen and oxygen atoms in total. The molecule has 0 fully saturated rings. The average Bonchev–Trinajstić information content (AvgIpc) is 2.63. The number of rotatable bonds is 2. The van der Waals surface area contributed by atoms with Gasteiger partial charge in [-0.15, -0.1) is 0 Å². The van der Waals surface area contributed by atoms with Gasteiger partial charge in [0.1, 0.15) is 23.1 Å². The minimum absolute atomic E-state index is 0.0463. The van der Waals surface area contributed by atoms with Crippen molar-refractivity contribution in [1.29, 1.82) is 0 Å². The molecule has 0 bridgehead atoms. The van der Waals surface area contributed by atoms with Crippen LogP contribution < -0.4 is 5.32 Å². The molecule has 0 aliphatic rings. The molecule has 1 N–H and O–H groups in total. The Balaban J connectivity index is 1.72. The van der Waals surface area contributed by atoms with Crippen molar-refractivity contribution < 1.29 is 18.0 Å². The summed E-state index contributed by atoms with van der Waals surface area (Å²) >= 11 is 0. The fourth-order valence-corrected chi connectivity index (χ4v) is 2.09. The topological polar surface area (TPSA) is 42.0 Å². The van der Waals surface area contributed by atoms with Gasteiger partial charge in [-0.1, -0.05) is 17.9 Å². The molecule has 0 spiro atoms. The number of amides is 1. The van der Waals surface area contributed by atoms with Crippen molar-refractivity contribution in [3.05, 3.63) is 95.1 Å². The summed E-state index contributed by atoms with van der Waals surface area (Å²) in [7, 11) is 0. The van der Waals surface area contributed by atoms with Crippen molar-refractivity contribution in [2.75, 3.05) is 5.32 Å². The van der Waals surface area contributed by atoms with Gasteiger partial charge in [-0.3, -0.25) is 4.79 Å². The van der Waals surface area contributed by atoms with Gasteiger partial charge in [0.15, 0.2) is 0 Å². The molecule has 1 heterocycles. The summed E-state index contributed by atoms with van der Waals surface area (Å²) in [6, 6.07) is 11.7. The predicted molar refractivity (Wildman–Crippen MR) is 90.9 cm³/mol. The van der Waals surface area contributed by atoms with Crippen LogP contribution in [0.1, 0.15) is 21.6 Å². The Labute approximate surface area is 147 Å². The molecular formula is C20H11F3N2O. The lowest BCUT2D eigenvalue weighted by Gasteiger charge is -2.05. The van der Waals surface area contributed by atoms with Gasteiger partial charge >= 0.3 is 0 Å². The van der Waals surface area contributed by atoms with Crippen LogP contribution in [0.4, 0.5) is 18.9 Å². The molecule has 0 aliphatic carbocycles. The van der Waals surface area contributed by atoms with Gasteiger partial charge in [0.05, 0.1) is 5.69 Å². The maximum Gasteiger partial charge on any atom is 0.274 e. The second-order valence-electron chi connectivity index (χ2n) is 5.27. The number of benzene rings is 2. The number of anilines is 1. The second-order valence-corrected chi connectivity index (χ2v) is 5.27. The number of carbonyl (C=O) groups excluding carboxylic acids is 1. The van der Waals surface area contributed by atoms with Crippen LogP contribution in [0, 0.1) is 29.3 Å². The van der Waals surface area contributed by atoms with Gasteiger partial charge in [0.2, 0.25) is 0 Å². The van der Waals surface area contributed by atoms with E-state index in [-0.39, 0.29) is 17.2 Å². The monoisotopic (exact) mass is 352 g/mol. The van der Waals surface area contributed by atoms with Gasteiger partial charge < -0.3 is 5.32 Å². The quantitative estimate of drug-likeness (QED) is 0.704. The van der Waals surface area contributed by atoms with E-state index < -0.39 is 17.5 Å². The molecule has 1 aromatic heterocycles. The van der Waals surface area contributed by atoms with E-state index in [1.165, 1.54) is 24.4 Å². The Morgan fingerprint density at radius 2 is 1.65 bits per heavy atom. The van der Waals surface area contributed by atoms with E-state index in [0.29, 0.717) is 17.2 Å². The van der Waals surface area contributed by atoms with Crippen LogP contribution in [0.15, 0.2) is 60.8 Å². The highest BCUT2D eigenvalue weighted by Gasteiger charge is 2.11. The fraction of sp³-hybridized carbons (Fsp3) is 0. The summed E-state index contributed by atoms with van der Waals surface area (Å²) in [5, 5.41) is 2.32. The van der Waals surface area contributed by atoms with Crippen LogP contribution in [0.25, 0.3) is 0 Å². The van der Waals surface area contributed by atoms with Gasteiger partial charge in [-0.2, -0.15) is 0 Å². The highest BCUT2D eigenvalue weighted by atomic mass is 19.1. The molecule has 26 heavy (non-hydrogen) atoms. The van der Waals surface area contributed by atoms with Crippen molar-refractivity contribution in [1.82, 2.24) is 4.98 Å². The number of halogens is 3.